The fourth-order valence-electron chi connectivity index (χ4n) is 2.23. The number of ether oxygens (including phenoxy) is 1. The second kappa shape index (κ2) is 7.64. The zero-order valence-corrected chi connectivity index (χ0v) is 12.2. The molecule has 6 nitrogen and oxygen atoms in total. The molecular formula is C15H21N3O3. The standard InChI is InChI=1S/C15H21N3O3/c1-21-8-7-17-14(19)10-18-15(20)12-4-5-13-11(9-12)3-2-6-16-13/h4-5,9,16H,2-3,6-8,10H2,1H3,(H,17,19)(H,18,20). The molecule has 0 bridgehead atoms. The van der Waals surface area contributed by atoms with Crippen LogP contribution in [0.5, 0.6) is 0 Å². The van der Waals surface area contributed by atoms with Gasteiger partial charge >= 0.3 is 0 Å². The van der Waals surface area contributed by atoms with Gasteiger partial charge < -0.3 is 20.7 Å². The molecule has 2 rings (SSSR count). The SMILES string of the molecule is COCCNC(=O)CNC(=O)c1ccc2c(c1)CCCN2. The molecule has 1 aromatic rings. The summed E-state index contributed by atoms with van der Waals surface area (Å²) in [5.74, 6) is -0.453. The zero-order chi connectivity index (χ0) is 15.1. The Morgan fingerprint density at radius 3 is 3.00 bits per heavy atom. The van der Waals surface area contributed by atoms with Crippen molar-refractivity contribution in [1.29, 1.82) is 0 Å². The maximum Gasteiger partial charge on any atom is 0.251 e. The molecule has 1 aliphatic rings. The van der Waals surface area contributed by atoms with Crippen LogP contribution in [0.2, 0.25) is 0 Å². The number of rotatable bonds is 6. The van der Waals surface area contributed by atoms with Crippen molar-refractivity contribution in [1.82, 2.24) is 10.6 Å². The molecule has 114 valence electrons. The van der Waals surface area contributed by atoms with E-state index in [1.54, 1.807) is 13.2 Å². The predicted octanol–water partition coefficient (Wildman–Crippen LogP) is 0.537. The number of hydrogen-bond donors (Lipinski definition) is 3. The lowest BCUT2D eigenvalue weighted by atomic mass is 10.0. The molecule has 2 amide bonds. The number of aryl methyl sites for hydroxylation is 1. The van der Waals surface area contributed by atoms with Crippen molar-refractivity contribution in [2.45, 2.75) is 12.8 Å². The maximum atomic E-state index is 12.0. The molecule has 0 fully saturated rings. The van der Waals surface area contributed by atoms with Crippen molar-refractivity contribution < 1.29 is 14.3 Å². The smallest absolute Gasteiger partial charge is 0.251 e. The van der Waals surface area contributed by atoms with Gasteiger partial charge in [0, 0.05) is 31.5 Å². The number of hydrogen-bond acceptors (Lipinski definition) is 4. The lowest BCUT2D eigenvalue weighted by molar-refractivity contribution is -0.120. The van der Waals surface area contributed by atoms with Crippen LogP contribution < -0.4 is 16.0 Å². The van der Waals surface area contributed by atoms with Crippen LogP contribution in [0.15, 0.2) is 18.2 Å². The Balaban J connectivity index is 1.84. The highest BCUT2D eigenvalue weighted by molar-refractivity contribution is 5.97. The first-order valence-corrected chi connectivity index (χ1v) is 7.11. The summed E-state index contributed by atoms with van der Waals surface area (Å²) in [6.07, 6.45) is 2.04. The summed E-state index contributed by atoms with van der Waals surface area (Å²) in [5.41, 5.74) is 2.83. The van der Waals surface area contributed by atoms with Gasteiger partial charge in [0.1, 0.15) is 0 Å². The zero-order valence-electron chi connectivity index (χ0n) is 12.2. The number of carbonyl (C=O) groups excluding carboxylic acids is 2. The van der Waals surface area contributed by atoms with Gasteiger partial charge in [-0.3, -0.25) is 9.59 Å². The van der Waals surface area contributed by atoms with Crippen LogP contribution in [0.3, 0.4) is 0 Å². The van der Waals surface area contributed by atoms with Gasteiger partial charge in [0.15, 0.2) is 0 Å². The van der Waals surface area contributed by atoms with Gasteiger partial charge in [0.2, 0.25) is 5.91 Å². The largest absolute Gasteiger partial charge is 0.385 e. The number of amides is 2. The molecule has 3 N–H and O–H groups in total. The van der Waals surface area contributed by atoms with Crippen LogP contribution in [0, 0.1) is 0 Å². The van der Waals surface area contributed by atoms with E-state index in [0.717, 1.165) is 30.6 Å². The van der Waals surface area contributed by atoms with Crippen molar-refractivity contribution >= 4 is 17.5 Å². The first-order chi connectivity index (χ1) is 10.2. The van der Waals surface area contributed by atoms with E-state index in [-0.39, 0.29) is 18.4 Å². The Morgan fingerprint density at radius 2 is 2.19 bits per heavy atom. The average Bonchev–Trinajstić information content (AvgIpc) is 2.52. The highest BCUT2D eigenvalue weighted by atomic mass is 16.5. The van der Waals surface area contributed by atoms with E-state index in [4.69, 9.17) is 4.74 Å². The lowest BCUT2D eigenvalue weighted by Crippen LogP contribution is -2.38. The molecule has 21 heavy (non-hydrogen) atoms. The van der Waals surface area contributed by atoms with E-state index in [1.807, 2.05) is 12.1 Å². The number of fused-ring (bicyclic) bond motifs is 1. The number of carbonyl (C=O) groups is 2. The number of anilines is 1. The molecule has 0 saturated carbocycles. The molecule has 0 unspecified atom stereocenters. The van der Waals surface area contributed by atoms with E-state index in [9.17, 15) is 9.59 Å². The second-order valence-corrected chi connectivity index (χ2v) is 4.93. The predicted molar refractivity (Wildman–Crippen MR) is 80.5 cm³/mol. The van der Waals surface area contributed by atoms with Crippen molar-refractivity contribution in [3.63, 3.8) is 0 Å². The summed E-state index contributed by atoms with van der Waals surface area (Å²) >= 11 is 0. The van der Waals surface area contributed by atoms with Crippen molar-refractivity contribution in [3.8, 4) is 0 Å². The Morgan fingerprint density at radius 1 is 1.33 bits per heavy atom. The molecule has 0 atom stereocenters. The molecule has 1 heterocycles. The monoisotopic (exact) mass is 291 g/mol. The number of nitrogens with one attached hydrogen (secondary N) is 3. The third kappa shape index (κ3) is 4.46. The fourth-order valence-corrected chi connectivity index (χ4v) is 2.23. The summed E-state index contributed by atoms with van der Waals surface area (Å²) in [6.45, 7) is 1.84. The van der Waals surface area contributed by atoms with Crippen molar-refractivity contribution in [3.05, 3.63) is 29.3 Å². The first kappa shape index (κ1) is 15.3. The Labute approximate surface area is 124 Å². The van der Waals surface area contributed by atoms with Gasteiger partial charge in [-0.2, -0.15) is 0 Å². The topological polar surface area (TPSA) is 79.5 Å². The minimum atomic E-state index is -0.231. The van der Waals surface area contributed by atoms with Gasteiger partial charge in [-0.15, -0.1) is 0 Å². The molecule has 1 aliphatic heterocycles. The molecule has 0 saturated heterocycles. The van der Waals surface area contributed by atoms with Crippen LogP contribution in [0.1, 0.15) is 22.3 Å². The third-order valence-electron chi connectivity index (χ3n) is 3.34. The van der Waals surface area contributed by atoms with E-state index in [2.05, 4.69) is 16.0 Å². The minimum absolute atomic E-state index is 0.0299. The molecule has 1 aromatic carbocycles. The molecule has 0 radical (unpaired) electrons. The molecule has 0 aliphatic carbocycles. The highest BCUT2D eigenvalue weighted by Crippen LogP contribution is 2.22. The van der Waals surface area contributed by atoms with Crippen LogP contribution in [-0.2, 0) is 16.0 Å². The molecule has 0 aromatic heterocycles. The van der Waals surface area contributed by atoms with Gasteiger partial charge in [-0.05, 0) is 36.6 Å². The minimum Gasteiger partial charge on any atom is -0.385 e. The number of methoxy groups -OCH3 is 1. The van der Waals surface area contributed by atoms with Gasteiger partial charge in [0.25, 0.3) is 5.91 Å². The summed E-state index contributed by atoms with van der Waals surface area (Å²) in [7, 11) is 1.57. The summed E-state index contributed by atoms with van der Waals surface area (Å²) in [4.78, 5) is 23.5. The molecule has 0 spiro atoms. The maximum absolute atomic E-state index is 12.0. The highest BCUT2D eigenvalue weighted by Gasteiger charge is 2.13. The quantitative estimate of drug-likeness (QED) is 0.668. The summed E-state index contributed by atoms with van der Waals surface area (Å²) in [6, 6.07) is 5.58. The fraction of sp³-hybridized carbons (Fsp3) is 0.467. The molecular weight excluding hydrogens is 270 g/mol. The summed E-state index contributed by atoms with van der Waals surface area (Å²) in [5, 5.41) is 8.57. The Hall–Kier alpha value is -2.08. The Kier molecular flexibility index (Phi) is 5.57. The first-order valence-electron chi connectivity index (χ1n) is 7.11. The van der Waals surface area contributed by atoms with Crippen LogP contribution in [0.25, 0.3) is 0 Å². The van der Waals surface area contributed by atoms with Crippen LogP contribution in [-0.4, -0.2) is 45.2 Å². The lowest BCUT2D eigenvalue weighted by Gasteiger charge is -2.18. The van der Waals surface area contributed by atoms with Crippen LogP contribution in [0.4, 0.5) is 5.69 Å². The number of benzene rings is 1. The normalized spacial score (nSPS) is 13.0. The van der Waals surface area contributed by atoms with E-state index >= 15 is 0 Å². The van der Waals surface area contributed by atoms with Gasteiger partial charge in [-0.25, -0.2) is 0 Å². The van der Waals surface area contributed by atoms with Gasteiger partial charge in [-0.1, -0.05) is 0 Å². The second-order valence-electron chi connectivity index (χ2n) is 4.93. The van der Waals surface area contributed by atoms with E-state index in [0.29, 0.717) is 18.7 Å². The van der Waals surface area contributed by atoms with E-state index < -0.39 is 0 Å². The molecule has 6 heteroatoms. The third-order valence-corrected chi connectivity index (χ3v) is 3.34. The average molecular weight is 291 g/mol. The van der Waals surface area contributed by atoms with Gasteiger partial charge in [0.05, 0.1) is 13.2 Å². The Bertz CT molecular complexity index is 517. The summed E-state index contributed by atoms with van der Waals surface area (Å²) < 4.78 is 4.83. The van der Waals surface area contributed by atoms with Crippen LogP contribution >= 0.6 is 0 Å². The van der Waals surface area contributed by atoms with E-state index in [1.165, 1.54) is 0 Å². The van der Waals surface area contributed by atoms with Crippen molar-refractivity contribution in [2.24, 2.45) is 0 Å². The van der Waals surface area contributed by atoms with Crippen molar-refractivity contribution in [2.75, 3.05) is 38.7 Å².